The molecular formula is C11H17NO2. The van der Waals surface area contributed by atoms with Crippen molar-refractivity contribution in [3.05, 3.63) is 29.8 Å². The van der Waals surface area contributed by atoms with Crippen LogP contribution in [0.4, 0.5) is 5.69 Å². The fraction of sp³-hybridized carbons (Fsp3) is 0.455. The van der Waals surface area contributed by atoms with Crippen LogP contribution in [0.25, 0.3) is 0 Å². The first kappa shape index (κ1) is 11.0. The molecule has 0 spiro atoms. The highest BCUT2D eigenvalue weighted by Crippen LogP contribution is 2.19. The van der Waals surface area contributed by atoms with Crippen LogP contribution >= 0.6 is 0 Å². The molecule has 78 valence electrons. The Balaban J connectivity index is 2.81. The molecule has 0 N–H and O–H groups in total. The molecule has 14 heavy (non-hydrogen) atoms. The quantitative estimate of drug-likeness (QED) is 0.674. The molecule has 0 saturated heterocycles. The second-order valence-electron chi connectivity index (χ2n) is 2.88. The third-order valence-electron chi connectivity index (χ3n) is 1.80. The number of hydrogen-bond acceptors (Lipinski definition) is 3. The molecule has 0 radical (unpaired) electrons. The smallest absolute Gasteiger partial charge is 0.0976 e. The van der Waals surface area contributed by atoms with Gasteiger partial charge in [-0.15, -0.1) is 5.23 Å². The Hall–Kier alpha value is -1.06. The van der Waals surface area contributed by atoms with Crippen molar-refractivity contribution in [3.63, 3.8) is 0 Å². The Morgan fingerprint density at radius 3 is 2.14 bits per heavy atom. The van der Waals surface area contributed by atoms with Crippen LogP contribution in [-0.2, 0) is 9.68 Å². The molecule has 0 atom stereocenters. The van der Waals surface area contributed by atoms with Crippen LogP contribution in [0.1, 0.15) is 19.4 Å². The van der Waals surface area contributed by atoms with E-state index in [9.17, 15) is 0 Å². The molecule has 3 nitrogen and oxygen atoms in total. The number of para-hydroxylation sites is 1. The fourth-order valence-electron chi connectivity index (χ4n) is 1.18. The van der Waals surface area contributed by atoms with Crippen molar-refractivity contribution in [1.29, 1.82) is 0 Å². The summed E-state index contributed by atoms with van der Waals surface area (Å²) in [5.41, 5.74) is 2.09. The van der Waals surface area contributed by atoms with Crippen molar-refractivity contribution in [2.24, 2.45) is 0 Å². The minimum Gasteiger partial charge on any atom is -0.249 e. The number of anilines is 1. The fourth-order valence-corrected chi connectivity index (χ4v) is 1.18. The van der Waals surface area contributed by atoms with Crippen LogP contribution in [0, 0.1) is 6.92 Å². The summed E-state index contributed by atoms with van der Waals surface area (Å²) < 4.78 is 0. The van der Waals surface area contributed by atoms with Crippen molar-refractivity contribution < 1.29 is 9.68 Å². The molecule has 1 aromatic rings. The van der Waals surface area contributed by atoms with Crippen molar-refractivity contribution in [2.75, 3.05) is 18.4 Å². The van der Waals surface area contributed by atoms with E-state index in [2.05, 4.69) is 0 Å². The summed E-state index contributed by atoms with van der Waals surface area (Å²) in [6.45, 7) is 7.08. The van der Waals surface area contributed by atoms with E-state index in [0.29, 0.717) is 13.2 Å². The Bertz CT molecular complexity index is 270. The molecule has 3 heteroatoms. The van der Waals surface area contributed by atoms with Gasteiger partial charge in [0.15, 0.2) is 0 Å². The first-order valence-electron chi connectivity index (χ1n) is 4.91. The summed E-state index contributed by atoms with van der Waals surface area (Å²) in [6.07, 6.45) is 0. The summed E-state index contributed by atoms with van der Waals surface area (Å²) >= 11 is 0. The van der Waals surface area contributed by atoms with Gasteiger partial charge >= 0.3 is 0 Å². The van der Waals surface area contributed by atoms with E-state index in [0.717, 1.165) is 11.3 Å². The lowest BCUT2D eigenvalue weighted by Crippen LogP contribution is -2.24. The first-order valence-corrected chi connectivity index (χ1v) is 4.91. The summed E-state index contributed by atoms with van der Waals surface area (Å²) in [5.74, 6) is 0. The number of aryl methyl sites for hydroxylation is 1. The van der Waals surface area contributed by atoms with E-state index < -0.39 is 0 Å². The van der Waals surface area contributed by atoms with Gasteiger partial charge in [-0.1, -0.05) is 18.2 Å². The van der Waals surface area contributed by atoms with Crippen LogP contribution in [0.2, 0.25) is 0 Å². The van der Waals surface area contributed by atoms with Crippen LogP contribution in [-0.4, -0.2) is 13.2 Å². The van der Waals surface area contributed by atoms with Gasteiger partial charge in [-0.2, -0.15) is 0 Å². The molecule has 1 aromatic carbocycles. The van der Waals surface area contributed by atoms with E-state index in [1.165, 1.54) is 5.23 Å². The molecular weight excluding hydrogens is 178 g/mol. The molecule has 0 aliphatic carbocycles. The van der Waals surface area contributed by atoms with Gasteiger partial charge in [0.1, 0.15) is 0 Å². The average Bonchev–Trinajstić information content (AvgIpc) is 2.18. The van der Waals surface area contributed by atoms with E-state index in [1.807, 2.05) is 45.0 Å². The van der Waals surface area contributed by atoms with Gasteiger partial charge in [0.25, 0.3) is 0 Å². The highest BCUT2D eigenvalue weighted by atomic mass is 16.9. The van der Waals surface area contributed by atoms with Crippen LogP contribution < -0.4 is 5.23 Å². The van der Waals surface area contributed by atoms with Crippen molar-refractivity contribution in [2.45, 2.75) is 20.8 Å². The van der Waals surface area contributed by atoms with E-state index in [-0.39, 0.29) is 0 Å². The molecule has 1 rings (SSSR count). The highest BCUT2D eigenvalue weighted by molar-refractivity contribution is 5.48. The minimum atomic E-state index is 0.592. The molecule has 0 saturated carbocycles. The zero-order chi connectivity index (χ0) is 10.4. The molecule has 0 fully saturated rings. The van der Waals surface area contributed by atoms with Crippen LogP contribution in [0.5, 0.6) is 0 Å². The molecule has 0 unspecified atom stereocenters. The maximum atomic E-state index is 5.36. The Labute approximate surface area is 85.2 Å². The Morgan fingerprint density at radius 1 is 1.07 bits per heavy atom. The number of rotatable bonds is 5. The zero-order valence-corrected chi connectivity index (χ0v) is 8.99. The Morgan fingerprint density at radius 2 is 1.64 bits per heavy atom. The highest BCUT2D eigenvalue weighted by Gasteiger charge is 2.08. The third-order valence-corrected chi connectivity index (χ3v) is 1.80. The molecule has 0 aromatic heterocycles. The van der Waals surface area contributed by atoms with E-state index in [1.54, 1.807) is 0 Å². The van der Waals surface area contributed by atoms with Gasteiger partial charge in [-0.05, 0) is 32.4 Å². The maximum absolute atomic E-state index is 5.36. The second kappa shape index (κ2) is 5.62. The average molecular weight is 195 g/mol. The van der Waals surface area contributed by atoms with Gasteiger partial charge in [-0.3, -0.25) is 0 Å². The number of hydrogen-bond donors (Lipinski definition) is 0. The molecule has 0 aliphatic heterocycles. The van der Waals surface area contributed by atoms with Crippen molar-refractivity contribution in [1.82, 2.24) is 0 Å². The topological polar surface area (TPSA) is 21.7 Å². The molecule has 0 bridgehead atoms. The zero-order valence-electron chi connectivity index (χ0n) is 8.99. The van der Waals surface area contributed by atoms with Gasteiger partial charge in [0, 0.05) is 0 Å². The van der Waals surface area contributed by atoms with Gasteiger partial charge in [0.2, 0.25) is 0 Å². The largest absolute Gasteiger partial charge is 0.249 e. The number of nitrogens with zero attached hydrogens (tertiary/aromatic N) is 1. The predicted octanol–water partition coefficient (Wildman–Crippen LogP) is 2.70. The van der Waals surface area contributed by atoms with Crippen molar-refractivity contribution in [3.8, 4) is 0 Å². The predicted molar refractivity (Wildman–Crippen MR) is 56.9 cm³/mol. The molecule has 0 amide bonds. The minimum absolute atomic E-state index is 0.592. The molecule has 0 heterocycles. The van der Waals surface area contributed by atoms with Crippen molar-refractivity contribution >= 4 is 5.69 Å². The maximum Gasteiger partial charge on any atom is 0.0976 e. The first-order chi connectivity index (χ1) is 6.79. The number of benzene rings is 1. The van der Waals surface area contributed by atoms with Gasteiger partial charge in [-0.25, -0.2) is 9.68 Å². The molecule has 0 aliphatic rings. The normalized spacial score (nSPS) is 10.2. The lowest BCUT2D eigenvalue weighted by atomic mass is 10.2. The summed E-state index contributed by atoms with van der Waals surface area (Å²) in [5, 5.41) is 1.48. The van der Waals surface area contributed by atoms with Gasteiger partial charge in [0.05, 0.1) is 18.9 Å². The lowest BCUT2D eigenvalue weighted by Gasteiger charge is -2.22. The second-order valence-corrected chi connectivity index (χ2v) is 2.88. The van der Waals surface area contributed by atoms with Crippen LogP contribution in [0.3, 0.4) is 0 Å². The summed E-state index contributed by atoms with van der Waals surface area (Å²) in [4.78, 5) is 10.7. The van der Waals surface area contributed by atoms with E-state index in [4.69, 9.17) is 9.68 Å². The third kappa shape index (κ3) is 2.72. The summed E-state index contributed by atoms with van der Waals surface area (Å²) in [7, 11) is 0. The summed E-state index contributed by atoms with van der Waals surface area (Å²) in [6, 6.07) is 7.96. The lowest BCUT2D eigenvalue weighted by molar-refractivity contribution is -0.0819. The monoisotopic (exact) mass is 195 g/mol. The SMILES string of the molecule is CCON(OCC)c1ccccc1C. The van der Waals surface area contributed by atoms with Gasteiger partial charge < -0.3 is 0 Å². The van der Waals surface area contributed by atoms with Crippen LogP contribution in [0.15, 0.2) is 24.3 Å². The Kier molecular flexibility index (Phi) is 4.43. The standard InChI is InChI=1S/C11H17NO2/c1-4-13-12(14-5-2)11-9-7-6-8-10(11)3/h6-9H,4-5H2,1-3H3. The van der Waals surface area contributed by atoms with E-state index >= 15 is 0 Å².